The van der Waals surface area contributed by atoms with E-state index in [1.165, 1.54) is 12.5 Å². The first-order valence-corrected chi connectivity index (χ1v) is 9.63. The molecule has 4 nitrogen and oxygen atoms in total. The van der Waals surface area contributed by atoms with Crippen LogP contribution in [-0.2, 0) is 4.74 Å². The van der Waals surface area contributed by atoms with Crippen molar-refractivity contribution in [3.63, 3.8) is 0 Å². The number of ether oxygens (including phenoxy) is 1. The number of para-hydroxylation sites is 1. The second kappa shape index (κ2) is 8.85. The largest absolute Gasteiger partial charge is 0.389 e. The summed E-state index contributed by atoms with van der Waals surface area (Å²) in [4.78, 5) is 4.26. The van der Waals surface area contributed by atoms with E-state index in [-0.39, 0.29) is 12.4 Å². The summed E-state index contributed by atoms with van der Waals surface area (Å²) < 4.78 is 19.9. The van der Waals surface area contributed by atoms with E-state index in [1.807, 2.05) is 12.1 Å². The molecule has 1 saturated heterocycles. The lowest BCUT2D eigenvalue weighted by molar-refractivity contribution is -0.0698. The van der Waals surface area contributed by atoms with Crippen LogP contribution in [0.5, 0.6) is 0 Å². The molecule has 0 bridgehead atoms. The highest BCUT2D eigenvalue weighted by atomic mass is 19.1. The highest BCUT2D eigenvalue weighted by Crippen LogP contribution is 2.31. The average molecular weight is 360 g/mol. The number of rotatable bonds is 6. The highest BCUT2D eigenvalue weighted by molar-refractivity contribution is 5.47. The Hall–Kier alpha value is -1.61. The quantitative estimate of drug-likeness (QED) is 0.792. The Morgan fingerprint density at radius 2 is 1.85 bits per heavy atom. The minimum atomic E-state index is -0.554. The molecular weight excluding hydrogens is 331 g/mol. The van der Waals surface area contributed by atoms with Crippen molar-refractivity contribution in [2.75, 3.05) is 44.2 Å². The first-order chi connectivity index (χ1) is 12.6. The number of benzene rings is 1. The number of β-amino-alcohol motifs (C(OH)–C–C–N with tert-alkyl or cyclic N) is 1. The number of hydrogen-bond acceptors (Lipinski definition) is 4. The van der Waals surface area contributed by atoms with Crippen LogP contribution >= 0.6 is 0 Å². The molecule has 1 unspecified atom stereocenters. The van der Waals surface area contributed by atoms with Crippen molar-refractivity contribution in [1.29, 1.82) is 0 Å². The lowest BCUT2D eigenvalue weighted by atomic mass is 9.85. The van der Waals surface area contributed by atoms with Crippen LogP contribution < -0.4 is 4.90 Å². The summed E-state index contributed by atoms with van der Waals surface area (Å²) >= 11 is 0. The number of hydrogen-bond donors (Lipinski definition) is 1. The van der Waals surface area contributed by atoms with Crippen LogP contribution in [0.4, 0.5) is 10.1 Å². The van der Waals surface area contributed by atoms with Gasteiger partial charge >= 0.3 is 0 Å². The number of anilines is 1. The van der Waals surface area contributed by atoms with Gasteiger partial charge in [-0.25, -0.2) is 4.39 Å². The average Bonchev–Trinajstić information content (AvgIpc) is 2.68. The maximum absolute atomic E-state index is 13.9. The van der Waals surface area contributed by atoms with E-state index in [4.69, 9.17) is 11.2 Å². The lowest BCUT2D eigenvalue weighted by Crippen LogP contribution is -2.49. The van der Waals surface area contributed by atoms with E-state index in [1.54, 1.807) is 6.07 Å². The summed E-state index contributed by atoms with van der Waals surface area (Å²) in [6.45, 7) is 3.94. The number of aliphatic hydroxyl groups excluding tert-OH is 1. The lowest BCUT2D eigenvalue weighted by Gasteiger charge is -2.37. The Kier molecular flexibility index (Phi) is 6.53. The summed E-state index contributed by atoms with van der Waals surface area (Å²) in [7, 11) is 0. The molecule has 1 N–H and O–H groups in total. The molecule has 0 radical (unpaired) electrons. The van der Waals surface area contributed by atoms with Crippen molar-refractivity contribution in [3.8, 4) is 12.3 Å². The molecule has 0 spiro atoms. The maximum atomic E-state index is 13.9. The van der Waals surface area contributed by atoms with Crippen LogP contribution in [0.1, 0.15) is 32.1 Å². The predicted molar refractivity (Wildman–Crippen MR) is 102 cm³/mol. The normalized spacial score (nSPS) is 22.0. The Morgan fingerprint density at radius 1 is 1.15 bits per heavy atom. The van der Waals surface area contributed by atoms with Gasteiger partial charge in [0, 0.05) is 32.7 Å². The van der Waals surface area contributed by atoms with Crippen LogP contribution in [0.2, 0.25) is 0 Å². The molecule has 3 rings (SSSR count). The van der Waals surface area contributed by atoms with E-state index in [2.05, 4.69) is 15.7 Å². The second-order valence-electron chi connectivity index (χ2n) is 7.40. The van der Waals surface area contributed by atoms with Crippen LogP contribution in [0, 0.1) is 18.2 Å². The maximum Gasteiger partial charge on any atom is 0.146 e. The Bertz CT molecular complexity index is 617. The molecule has 1 aromatic carbocycles. The van der Waals surface area contributed by atoms with E-state index >= 15 is 0 Å². The fourth-order valence-electron chi connectivity index (χ4n) is 3.94. The van der Waals surface area contributed by atoms with Crippen LogP contribution in [-0.4, -0.2) is 61.0 Å². The van der Waals surface area contributed by atoms with E-state index in [9.17, 15) is 9.50 Å². The summed E-state index contributed by atoms with van der Waals surface area (Å²) in [6, 6.07) is 6.88. The van der Waals surface area contributed by atoms with Gasteiger partial charge in [0.15, 0.2) is 0 Å². The molecule has 0 aromatic heterocycles. The molecular formula is C21H29FN2O2. The molecule has 1 aliphatic heterocycles. The van der Waals surface area contributed by atoms with Gasteiger partial charge in [-0.05, 0) is 37.8 Å². The van der Waals surface area contributed by atoms with Crippen molar-refractivity contribution >= 4 is 5.69 Å². The van der Waals surface area contributed by atoms with Gasteiger partial charge in [0.25, 0.3) is 0 Å². The van der Waals surface area contributed by atoms with Gasteiger partial charge in [-0.3, -0.25) is 4.90 Å². The van der Waals surface area contributed by atoms with Gasteiger partial charge < -0.3 is 14.7 Å². The molecule has 2 fully saturated rings. The fraction of sp³-hybridized carbons (Fsp3) is 0.619. The molecule has 2 aliphatic rings. The molecule has 1 aromatic rings. The number of nitrogens with zero attached hydrogens (tertiary/aromatic N) is 2. The van der Waals surface area contributed by atoms with E-state index < -0.39 is 11.7 Å². The topological polar surface area (TPSA) is 35.9 Å². The molecule has 142 valence electrons. The molecule has 1 heterocycles. The minimum Gasteiger partial charge on any atom is -0.389 e. The third-order valence-corrected chi connectivity index (χ3v) is 5.51. The number of piperazine rings is 1. The zero-order chi connectivity index (χ0) is 18.4. The van der Waals surface area contributed by atoms with Crippen molar-refractivity contribution in [1.82, 2.24) is 4.90 Å². The third kappa shape index (κ3) is 4.76. The smallest absolute Gasteiger partial charge is 0.146 e. The van der Waals surface area contributed by atoms with E-state index in [0.29, 0.717) is 12.2 Å². The zero-order valence-corrected chi connectivity index (χ0v) is 15.4. The Labute approximate surface area is 155 Å². The zero-order valence-electron chi connectivity index (χ0n) is 15.4. The summed E-state index contributed by atoms with van der Waals surface area (Å²) in [5.41, 5.74) is 0.173. The standard InChI is InChI=1S/C21H29FN2O2/c1-2-21(10-6-3-7-11-21)26-17-18(25)16-23-12-14-24(15-13-23)20-9-5-4-8-19(20)22/h1,4-5,8-9,18,25H,3,6-7,10-17H2. The van der Waals surface area contributed by atoms with Gasteiger partial charge in [0.05, 0.1) is 18.4 Å². The number of aliphatic hydroxyl groups is 1. The molecule has 1 aliphatic carbocycles. The third-order valence-electron chi connectivity index (χ3n) is 5.51. The van der Waals surface area contributed by atoms with Gasteiger partial charge in [-0.2, -0.15) is 0 Å². The summed E-state index contributed by atoms with van der Waals surface area (Å²) in [6.07, 6.45) is 10.3. The van der Waals surface area contributed by atoms with Crippen molar-refractivity contribution in [2.45, 2.75) is 43.8 Å². The van der Waals surface area contributed by atoms with Gasteiger partial charge in [-0.15, -0.1) is 6.42 Å². The van der Waals surface area contributed by atoms with E-state index in [0.717, 1.165) is 51.9 Å². The number of terminal acetylenes is 1. The van der Waals surface area contributed by atoms with Crippen LogP contribution in [0.15, 0.2) is 24.3 Å². The predicted octanol–water partition coefficient (Wildman–Crippen LogP) is 2.66. The van der Waals surface area contributed by atoms with Gasteiger partial charge in [-0.1, -0.05) is 24.5 Å². The summed E-state index contributed by atoms with van der Waals surface area (Å²) in [5.74, 6) is 2.64. The minimum absolute atomic E-state index is 0.179. The molecule has 1 saturated carbocycles. The Morgan fingerprint density at radius 3 is 2.50 bits per heavy atom. The van der Waals surface area contributed by atoms with Crippen molar-refractivity contribution in [2.24, 2.45) is 0 Å². The Balaban J connectivity index is 1.43. The monoisotopic (exact) mass is 360 g/mol. The molecule has 0 amide bonds. The SMILES string of the molecule is C#CC1(OCC(O)CN2CCN(c3ccccc3F)CC2)CCCCC1. The fourth-order valence-corrected chi connectivity index (χ4v) is 3.94. The summed E-state index contributed by atoms with van der Waals surface area (Å²) in [5, 5.41) is 10.4. The molecule has 1 atom stereocenters. The molecule has 26 heavy (non-hydrogen) atoms. The first-order valence-electron chi connectivity index (χ1n) is 9.63. The van der Waals surface area contributed by atoms with Crippen LogP contribution in [0.25, 0.3) is 0 Å². The van der Waals surface area contributed by atoms with Gasteiger partial charge in [0.1, 0.15) is 11.4 Å². The second-order valence-corrected chi connectivity index (χ2v) is 7.40. The molecule has 5 heteroatoms. The van der Waals surface area contributed by atoms with Crippen LogP contribution in [0.3, 0.4) is 0 Å². The van der Waals surface area contributed by atoms with Crippen molar-refractivity contribution < 1.29 is 14.2 Å². The van der Waals surface area contributed by atoms with Crippen molar-refractivity contribution in [3.05, 3.63) is 30.1 Å². The first kappa shape index (κ1) is 19.2. The highest BCUT2D eigenvalue weighted by Gasteiger charge is 2.31. The number of halogens is 1. The van der Waals surface area contributed by atoms with Gasteiger partial charge in [0.2, 0.25) is 0 Å².